The van der Waals surface area contributed by atoms with Crippen molar-refractivity contribution in [3.05, 3.63) is 87.7 Å². The fourth-order valence-corrected chi connectivity index (χ4v) is 4.35. The largest absolute Gasteiger partial charge is 0.335 e. The van der Waals surface area contributed by atoms with Gasteiger partial charge in [0.05, 0.1) is 5.69 Å². The van der Waals surface area contributed by atoms with Crippen LogP contribution in [0.25, 0.3) is 11.8 Å². The molecule has 1 saturated heterocycles. The van der Waals surface area contributed by atoms with E-state index >= 15 is 0 Å². The van der Waals surface area contributed by atoms with Crippen molar-refractivity contribution in [1.29, 1.82) is 0 Å². The molecule has 4 rings (SSSR count). The van der Waals surface area contributed by atoms with Gasteiger partial charge in [0.25, 0.3) is 11.8 Å². The van der Waals surface area contributed by atoms with Crippen LogP contribution in [0.5, 0.6) is 0 Å². The molecular formula is C29H31N3O3. The Hall–Kier alpha value is -3.93. The molecule has 6 heteroatoms. The van der Waals surface area contributed by atoms with E-state index in [4.69, 9.17) is 0 Å². The molecule has 1 aromatic heterocycles. The molecule has 0 radical (unpaired) electrons. The number of hydrogen-bond donors (Lipinski definition) is 1. The van der Waals surface area contributed by atoms with Gasteiger partial charge in [-0.3, -0.25) is 14.9 Å². The standard InChI is InChI=1S/C29H31N3O3/c1-17-8-11-24(14-18(17)2)32-27(34)25(26(33)30-28(32)35)16-21-15-19(3)31(20(21)4)23-12-9-22(10-13-23)29(5,6)7/h8-16H,1-7H3,(H,30,33,35)/b25-16+. The van der Waals surface area contributed by atoms with Crippen molar-refractivity contribution in [3.63, 3.8) is 0 Å². The number of imide groups is 2. The Bertz CT molecular complexity index is 1390. The van der Waals surface area contributed by atoms with E-state index in [-0.39, 0.29) is 11.0 Å². The molecule has 0 saturated carbocycles. The van der Waals surface area contributed by atoms with E-state index in [1.807, 2.05) is 39.8 Å². The Morgan fingerprint density at radius 2 is 1.43 bits per heavy atom. The van der Waals surface area contributed by atoms with Crippen LogP contribution in [0.4, 0.5) is 10.5 Å². The summed E-state index contributed by atoms with van der Waals surface area (Å²) in [6, 6.07) is 14.9. The Kier molecular flexibility index (Phi) is 6.01. The summed E-state index contributed by atoms with van der Waals surface area (Å²) in [6.45, 7) is 14.3. The molecule has 0 bridgehead atoms. The lowest BCUT2D eigenvalue weighted by atomic mass is 9.87. The average molecular weight is 470 g/mol. The van der Waals surface area contributed by atoms with Crippen molar-refractivity contribution in [2.75, 3.05) is 4.90 Å². The van der Waals surface area contributed by atoms with Crippen LogP contribution in [-0.2, 0) is 15.0 Å². The molecule has 2 heterocycles. The van der Waals surface area contributed by atoms with E-state index in [1.54, 1.807) is 18.2 Å². The van der Waals surface area contributed by atoms with Gasteiger partial charge in [0.1, 0.15) is 5.57 Å². The van der Waals surface area contributed by atoms with Crippen molar-refractivity contribution >= 4 is 29.6 Å². The number of nitrogens with zero attached hydrogens (tertiary/aromatic N) is 2. The zero-order valence-electron chi connectivity index (χ0n) is 21.3. The quantitative estimate of drug-likeness (QED) is 0.397. The Morgan fingerprint density at radius 3 is 2.03 bits per heavy atom. The molecule has 3 aromatic rings. The second-order valence-electron chi connectivity index (χ2n) is 10.2. The summed E-state index contributed by atoms with van der Waals surface area (Å²) in [5.74, 6) is -1.33. The Labute approximate surface area is 206 Å². The van der Waals surface area contributed by atoms with Crippen LogP contribution in [-0.4, -0.2) is 22.4 Å². The number of aromatic nitrogens is 1. The second-order valence-corrected chi connectivity index (χ2v) is 10.2. The molecule has 0 spiro atoms. The molecule has 1 N–H and O–H groups in total. The van der Waals surface area contributed by atoms with Crippen molar-refractivity contribution in [3.8, 4) is 5.69 Å². The molecule has 35 heavy (non-hydrogen) atoms. The van der Waals surface area contributed by atoms with E-state index in [1.165, 1.54) is 5.56 Å². The number of urea groups is 1. The summed E-state index contributed by atoms with van der Waals surface area (Å²) in [4.78, 5) is 39.6. The van der Waals surface area contributed by atoms with Gasteiger partial charge in [0.2, 0.25) is 0 Å². The van der Waals surface area contributed by atoms with Gasteiger partial charge in [-0.05, 0) is 91.8 Å². The van der Waals surface area contributed by atoms with E-state index in [0.717, 1.165) is 38.7 Å². The first-order valence-corrected chi connectivity index (χ1v) is 11.7. The number of carbonyl (C=O) groups excluding carboxylic acids is 3. The molecule has 4 amide bonds. The zero-order valence-corrected chi connectivity index (χ0v) is 21.3. The molecule has 6 nitrogen and oxygen atoms in total. The van der Waals surface area contributed by atoms with Crippen LogP contribution in [0.2, 0.25) is 0 Å². The number of aryl methyl sites for hydroxylation is 3. The van der Waals surface area contributed by atoms with Gasteiger partial charge < -0.3 is 4.57 Å². The molecule has 180 valence electrons. The predicted molar refractivity (Wildman–Crippen MR) is 139 cm³/mol. The molecule has 0 unspecified atom stereocenters. The predicted octanol–water partition coefficient (Wildman–Crippen LogP) is 5.67. The van der Waals surface area contributed by atoms with E-state index in [2.05, 4.69) is 54.9 Å². The lowest BCUT2D eigenvalue weighted by Gasteiger charge is -2.26. The third-order valence-corrected chi connectivity index (χ3v) is 6.61. The summed E-state index contributed by atoms with van der Waals surface area (Å²) >= 11 is 0. The van der Waals surface area contributed by atoms with E-state index < -0.39 is 17.8 Å². The number of carbonyl (C=O) groups is 3. The molecule has 1 aliphatic heterocycles. The molecule has 0 aliphatic carbocycles. The van der Waals surface area contributed by atoms with Crippen molar-refractivity contribution in [2.45, 2.75) is 53.9 Å². The minimum absolute atomic E-state index is 0.0584. The summed E-state index contributed by atoms with van der Waals surface area (Å²) in [7, 11) is 0. The third-order valence-electron chi connectivity index (χ3n) is 6.61. The maximum Gasteiger partial charge on any atom is 0.335 e. The maximum absolute atomic E-state index is 13.3. The van der Waals surface area contributed by atoms with Gasteiger partial charge in [-0.1, -0.05) is 39.0 Å². The van der Waals surface area contributed by atoms with Crippen LogP contribution < -0.4 is 10.2 Å². The SMILES string of the molecule is Cc1ccc(N2C(=O)NC(=O)/C(=C\c3cc(C)n(-c4ccc(C(C)(C)C)cc4)c3C)C2=O)cc1C. The van der Waals surface area contributed by atoms with Gasteiger partial charge in [0, 0.05) is 17.1 Å². The van der Waals surface area contributed by atoms with Crippen molar-refractivity contribution < 1.29 is 14.4 Å². The zero-order chi connectivity index (χ0) is 25.7. The van der Waals surface area contributed by atoms with E-state index in [0.29, 0.717) is 5.69 Å². The first-order valence-electron chi connectivity index (χ1n) is 11.7. The second kappa shape index (κ2) is 8.69. The van der Waals surface area contributed by atoms with Crippen molar-refractivity contribution in [1.82, 2.24) is 9.88 Å². The maximum atomic E-state index is 13.3. The third kappa shape index (κ3) is 4.44. The fraction of sp³-hybridized carbons (Fsp3) is 0.276. The number of nitrogens with one attached hydrogen (secondary N) is 1. The molecule has 1 fully saturated rings. The van der Waals surface area contributed by atoms with Crippen LogP contribution in [0.3, 0.4) is 0 Å². The van der Waals surface area contributed by atoms with Crippen molar-refractivity contribution in [2.24, 2.45) is 0 Å². The normalized spacial score (nSPS) is 15.7. The summed E-state index contributed by atoms with van der Waals surface area (Å²) in [5, 5.41) is 2.31. The highest BCUT2D eigenvalue weighted by molar-refractivity contribution is 6.39. The molecular weight excluding hydrogens is 438 g/mol. The first-order chi connectivity index (χ1) is 16.4. The number of anilines is 1. The topological polar surface area (TPSA) is 71.4 Å². The van der Waals surface area contributed by atoms with Crippen LogP contribution in [0, 0.1) is 27.7 Å². The first kappa shape index (κ1) is 24.2. The van der Waals surface area contributed by atoms with Crippen LogP contribution >= 0.6 is 0 Å². The fourth-order valence-electron chi connectivity index (χ4n) is 4.35. The number of benzene rings is 2. The molecule has 0 atom stereocenters. The molecule has 1 aliphatic rings. The van der Waals surface area contributed by atoms with Gasteiger partial charge in [-0.15, -0.1) is 0 Å². The van der Waals surface area contributed by atoms with Gasteiger partial charge >= 0.3 is 6.03 Å². The lowest BCUT2D eigenvalue weighted by Crippen LogP contribution is -2.54. The monoisotopic (exact) mass is 469 g/mol. The number of amides is 4. The highest BCUT2D eigenvalue weighted by Gasteiger charge is 2.37. The smallest absolute Gasteiger partial charge is 0.318 e. The summed E-state index contributed by atoms with van der Waals surface area (Å²) in [5.41, 5.74) is 7.27. The van der Waals surface area contributed by atoms with Gasteiger partial charge in [-0.25, -0.2) is 9.69 Å². The Morgan fingerprint density at radius 1 is 0.800 bits per heavy atom. The Balaban J connectivity index is 1.73. The minimum atomic E-state index is -0.746. The van der Waals surface area contributed by atoms with E-state index in [9.17, 15) is 14.4 Å². The highest BCUT2D eigenvalue weighted by atomic mass is 16.2. The number of rotatable bonds is 3. The van der Waals surface area contributed by atoms with Gasteiger partial charge in [-0.2, -0.15) is 0 Å². The number of barbiturate groups is 1. The lowest BCUT2D eigenvalue weighted by molar-refractivity contribution is -0.122. The molecule has 2 aromatic carbocycles. The highest BCUT2D eigenvalue weighted by Crippen LogP contribution is 2.28. The average Bonchev–Trinajstić information content (AvgIpc) is 3.05. The minimum Gasteiger partial charge on any atom is -0.318 e. The summed E-state index contributed by atoms with van der Waals surface area (Å²) in [6.07, 6.45) is 1.57. The number of hydrogen-bond acceptors (Lipinski definition) is 3. The summed E-state index contributed by atoms with van der Waals surface area (Å²) < 4.78 is 2.09. The van der Waals surface area contributed by atoms with Crippen LogP contribution in [0.15, 0.2) is 54.1 Å². The van der Waals surface area contributed by atoms with Crippen LogP contribution in [0.1, 0.15) is 54.4 Å². The van der Waals surface area contributed by atoms with Gasteiger partial charge in [0.15, 0.2) is 0 Å².